The van der Waals surface area contributed by atoms with E-state index in [0.717, 1.165) is 24.7 Å². The number of benzene rings is 1. The first-order chi connectivity index (χ1) is 9.31. The first-order valence-electron chi connectivity index (χ1n) is 7.00. The molecule has 1 atom stereocenters. The highest BCUT2D eigenvalue weighted by atomic mass is 127. The van der Waals surface area contributed by atoms with Crippen LogP contribution in [0.5, 0.6) is 5.75 Å². The largest absolute Gasteiger partial charge is 0.489 e. The lowest BCUT2D eigenvalue weighted by Crippen LogP contribution is -2.43. The van der Waals surface area contributed by atoms with Gasteiger partial charge in [-0.3, -0.25) is 4.99 Å². The van der Waals surface area contributed by atoms with E-state index >= 15 is 0 Å². The van der Waals surface area contributed by atoms with Gasteiger partial charge in [0.15, 0.2) is 5.96 Å². The third kappa shape index (κ3) is 5.98. The summed E-state index contributed by atoms with van der Waals surface area (Å²) < 4.78 is 5.93. The molecule has 1 aliphatic rings. The first-order valence-corrected chi connectivity index (χ1v) is 7.00. The van der Waals surface area contributed by atoms with E-state index in [-0.39, 0.29) is 30.1 Å². The Morgan fingerprint density at radius 1 is 1.35 bits per heavy atom. The van der Waals surface area contributed by atoms with Gasteiger partial charge in [-0.05, 0) is 31.4 Å². The van der Waals surface area contributed by atoms with E-state index in [2.05, 4.69) is 22.5 Å². The smallest absolute Gasteiger partial charge is 0.191 e. The van der Waals surface area contributed by atoms with Crippen LogP contribution < -0.4 is 15.4 Å². The van der Waals surface area contributed by atoms with E-state index in [1.807, 2.05) is 30.3 Å². The molecule has 4 nitrogen and oxygen atoms in total. The van der Waals surface area contributed by atoms with E-state index < -0.39 is 0 Å². The van der Waals surface area contributed by atoms with Crippen LogP contribution in [0.15, 0.2) is 35.3 Å². The zero-order valence-electron chi connectivity index (χ0n) is 12.1. The lowest BCUT2D eigenvalue weighted by molar-refractivity contribution is 0.199. The average Bonchev–Trinajstić information content (AvgIpc) is 3.27. The molecule has 0 bridgehead atoms. The van der Waals surface area contributed by atoms with Crippen LogP contribution >= 0.6 is 24.0 Å². The molecule has 0 saturated heterocycles. The Morgan fingerprint density at radius 2 is 2.05 bits per heavy atom. The molecule has 2 N–H and O–H groups in total. The molecule has 1 aromatic carbocycles. The predicted octanol–water partition coefficient (Wildman–Crippen LogP) is 2.79. The summed E-state index contributed by atoms with van der Waals surface area (Å²) in [6.45, 7) is 2.89. The Balaban J connectivity index is 0.00000200. The maximum Gasteiger partial charge on any atom is 0.191 e. The number of guanidine groups is 1. The second-order valence-electron chi connectivity index (χ2n) is 4.83. The topological polar surface area (TPSA) is 45.7 Å². The highest BCUT2D eigenvalue weighted by Crippen LogP contribution is 2.18. The molecule has 0 heterocycles. The molecular weight excluding hydrogens is 365 g/mol. The number of aliphatic imine (C=N–C) groups is 1. The quantitative estimate of drug-likeness (QED) is 0.447. The van der Waals surface area contributed by atoms with E-state index in [4.69, 9.17) is 4.74 Å². The molecule has 0 amide bonds. The summed E-state index contributed by atoms with van der Waals surface area (Å²) in [4.78, 5) is 4.22. The summed E-state index contributed by atoms with van der Waals surface area (Å²) in [6.07, 6.45) is 3.61. The third-order valence-corrected chi connectivity index (χ3v) is 3.14. The van der Waals surface area contributed by atoms with Crippen molar-refractivity contribution in [3.05, 3.63) is 30.3 Å². The first kappa shape index (κ1) is 17.1. The number of para-hydroxylation sites is 1. The molecule has 2 rings (SSSR count). The number of rotatable bonds is 6. The Hall–Kier alpha value is -0.980. The molecule has 20 heavy (non-hydrogen) atoms. The molecule has 112 valence electrons. The highest BCUT2D eigenvalue weighted by Gasteiger charge is 2.22. The van der Waals surface area contributed by atoms with Crippen molar-refractivity contribution in [1.82, 2.24) is 10.6 Å². The monoisotopic (exact) mass is 389 g/mol. The van der Waals surface area contributed by atoms with Gasteiger partial charge in [-0.1, -0.05) is 25.1 Å². The van der Waals surface area contributed by atoms with Crippen molar-refractivity contribution in [1.29, 1.82) is 0 Å². The summed E-state index contributed by atoms with van der Waals surface area (Å²) >= 11 is 0. The number of halogens is 1. The molecule has 1 saturated carbocycles. The zero-order chi connectivity index (χ0) is 13.5. The SMILES string of the molecule is CCC(CNC(=NC)NC1CC1)Oc1ccccc1.I. The summed E-state index contributed by atoms with van der Waals surface area (Å²) in [5.41, 5.74) is 0. The van der Waals surface area contributed by atoms with Gasteiger partial charge in [-0.2, -0.15) is 0 Å². The molecule has 0 aromatic heterocycles. The zero-order valence-corrected chi connectivity index (χ0v) is 14.5. The number of nitrogens with zero attached hydrogens (tertiary/aromatic N) is 1. The summed E-state index contributed by atoms with van der Waals surface area (Å²) in [5, 5.41) is 6.69. The van der Waals surface area contributed by atoms with Crippen LogP contribution in [0.1, 0.15) is 26.2 Å². The standard InChI is InChI=1S/C15H23N3O.HI/c1-3-13(19-14-7-5-4-6-8-14)11-17-15(16-2)18-12-9-10-12;/h4-8,12-13H,3,9-11H2,1-2H3,(H2,16,17,18);1H. The van der Waals surface area contributed by atoms with E-state index in [0.29, 0.717) is 6.04 Å². The maximum absolute atomic E-state index is 5.93. The fourth-order valence-electron chi connectivity index (χ4n) is 1.79. The van der Waals surface area contributed by atoms with Crippen LogP contribution in [0, 0.1) is 0 Å². The van der Waals surface area contributed by atoms with Gasteiger partial charge in [-0.15, -0.1) is 24.0 Å². The lowest BCUT2D eigenvalue weighted by Gasteiger charge is -2.19. The molecular formula is C15H24IN3O. The number of hydrogen-bond donors (Lipinski definition) is 2. The predicted molar refractivity (Wildman–Crippen MR) is 94.1 cm³/mol. The van der Waals surface area contributed by atoms with Crippen LogP contribution in [0.4, 0.5) is 0 Å². The van der Waals surface area contributed by atoms with Crippen LogP contribution in [0.3, 0.4) is 0 Å². The second-order valence-corrected chi connectivity index (χ2v) is 4.83. The molecule has 0 aliphatic heterocycles. The molecule has 0 spiro atoms. The molecule has 5 heteroatoms. The lowest BCUT2D eigenvalue weighted by atomic mass is 10.2. The van der Waals surface area contributed by atoms with Crippen molar-refractivity contribution >= 4 is 29.9 Å². The molecule has 0 radical (unpaired) electrons. The van der Waals surface area contributed by atoms with Gasteiger partial charge in [0, 0.05) is 13.1 Å². The fourth-order valence-corrected chi connectivity index (χ4v) is 1.79. The summed E-state index contributed by atoms with van der Waals surface area (Å²) in [6, 6.07) is 10.6. The Kier molecular flexibility index (Phi) is 7.72. The van der Waals surface area contributed by atoms with Crippen molar-refractivity contribution in [3.8, 4) is 5.75 Å². The Morgan fingerprint density at radius 3 is 2.60 bits per heavy atom. The summed E-state index contributed by atoms with van der Waals surface area (Å²) in [7, 11) is 1.80. The maximum atomic E-state index is 5.93. The average molecular weight is 389 g/mol. The van der Waals surface area contributed by atoms with Gasteiger partial charge in [0.1, 0.15) is 11.9 Å². The Labute approximate surface area is 138 Å². The van der Waals surface area contributed by atoms with Gasteiger partial charge < -0.3 is 15.4 Å². The number of nitrogens with one attached hydrogen (secondary N) is 2. The van der Waals surface area contributed by atoms with Gasteiger partial charge in [0.05, 0.1) is 6.54 Å². The van der Waals surface area contributed by atoms with Crippen LogP contribution in [-0.2, 0) is 0 Å². The van der Waals surface area contributed by atoms with E-state index in [9.17, 15) is 0 Å². The van der Waals surface area contributed by atoms with Crippen molar-refractivity contribution in [2.45, 2.75) is 38.3 Å². The molecule has 1 fully saturated rings. The van der Waals surface area contributed by atoms with Crippen molar-refractivity contribution in [2.24, 2.45) is 4.99 Å². The van der Waals surface area contributed by atoms with Crippen molar-refractivity contribution in [3.63, 3.8) is 0 Å². The van der Waals surface area contributed by atoms with Gasteiger partial charge in [-0.25, -0.2) is 0 Å². The normalized spacial score (nSPS) is 16.0. The van der Waals surface area contributed by atoms with Crippen molar-refractivity contribution < 1.29 is 4.74 Å². The van der Waals surface area contributed by atoms with Gasteiger partial charge in [0.2, 0.25) is 0 Å². The fraction of sp³-hybridized carbons (Fsp3) is 0.533. The van der Waals surface area contributed by atoms with Gasteiger partial charge >= 0.3 is 0 Å². The molecule has 1 aromatic rings. The second kappa shape index (κ2) is 9.05. The minimum absolute atomic E-state index is 0. The number of ether oxygens (including phenoxy) is 1. The highest BCUT2D eigenvalue weighted by molar-refractivity contribution is 14.0. The minimum Gasteiger partial charge on any atom is -0.489 e. The summed E-state index contributed by atoms with van der Waals surface area (Å²) in [5.74, 6) is 1.79. The van der Waals surface area contributed by atoms with Crippen LogP contribution in [0.25, 0.3) is 0 Å². The number of hydrogen-bond acceptors (Lipinski definition) is 2. The molecule has 1 aliphatic carbocycles. The molecule has 1 unspecified atom stereocenters. The Bertz CT molecular complexity index is 407. The van der Waals surface area contributed by atoms with Crippen LogP contribution in [0.2, 0.25) is 0 Å². The van der Waals surface area contributed by atoms with Crippen LogP contribution in [-0.4, -0.2) is 31.7 Å². The third-order valence-electron chi connectivity index (χ3n) is 3.14. The van der Waals surface area contributed by atoms with E-state index in [1.54, 1.807) is 7.05 Å². The van der Waals surface area contributed by atoms with Crippen molar-refractivity contribution in [2.75, 3.05) is 13.6 Å². The van der Waals surface area contributed by atoms with Gasteiger partial charge in [0.25, 0.3) is 0 Å². The minimum atomic E-state index is 0. The van der Waals surface area contributed by atoms with E-state index in [1.165, 1.54) is 12.8 Å².